The number of carbonyl (C=O) groups is 1. The van der Waals surface area contributed by atoms with Gasteiger partial charge in [0.2, 0.25) is 5.95 Å². The smallest absolute Gasteiger partial charge is 0.322 e. The summed E-state index contributed by atoms with van der Waals surface area (Å²) in [5.74, 6) is 0.144. The first kappa shape index (κ1) is 19.4. The summed E-state index contributed by atoms with van der Waals surface area (Å²) in [5, 5.41) is 2.51. The Labute approximate surface area is 168 Å². The Hall–Kier alpha value is -2.97. The Kier molecular flexibility index (Phi) is 5.73. The van der Waals surface area contributed by atoms with E-state index in [1.165, 1.54) is 12.5 Å². The second-order valence-electron chi connectivity index (χ2n) is 7.29. The van der Waals surface area contributed by atoms with E-state index in [1.54, 1.807) is 11.1 Å². The van der Waals surface area contributed by atoms with E-state index in [2.05, 4.69) is 20.1 Å². The first-order chi connectivity index (χ1) is 14.1. The molecule has 1 N–H and O–H groups in total. The van der Waals surface area contributed by atoms with Crippen molar-refractivity contribution in [3.63, 3.8) is 0 Å². The van der Waals surface area contributed by atoms with Crippen molar-refractivity contribution in [3.05, 3.63) is 42.1 Å². The van der Waals surface area contributed by atoms with Gasteiger partial charge in [-0.2, -0.15) is 4.98 Å². The molecule has 3 heterocycles. The van der Waals surface area contributed by atoms with E-state index < -0.39 is 17.7 Å². The molecule has 4 rings (SSSR count). The van der Waals surface area contributed by atoms with E-state index in [9.17, 15) is 13.6 Å². The molecule has 2 fully saturated rings. The Morgan fingerprint density at radius 1 is 0.931 bits per heavy atom. The van der Waals surface area contributed by atoms with Crippen LogP contribution in [0.2, 0.25) is 0 Å². The number of piperidine rings is 1. The zero-order chi connectivity index (χ0) is 20.2. The molecule has 0 atom stereocenters. The number of aromatic nitrogens is 2. The van der Waals surface area contributed by atoms with Gasteiger partial charge in [-0.15, -0.1) is 0 Å². The van der Waals surface area contributed by atoms with Gasteiger partial charge in [0.05, 0.1) is 5.69 Å². The number of halogens is 2. The van der Waals surface area contributed by atoms with E-state index in [0.29, 0.717) is 26.2 Å². The van der Waals surface area contributed by atoms with E-state index in [0.717, 1.165) is 49.8 Å². The first-order valence-corrected chi connectivity index (χ1v) is 9.94. The summed E-state index contributed by atoms with van der Waals surface area (Å²) in [6, 6.07) is 4.58. The average Bonchev–Trinajstić information content (AvgIpc) is 2.76. The van der Waals surface area contributed by atoms with Crippen LogP contribution in [0.1, 0.15) is 19.3 Å². The third kappa shape index (κ3) is 4.55. The van der Waals surface area contributed by atoms with Crippen molar-refractivity contribution in [2.45, 2.75) is 19.3 Å². The Morgan fingerprint density at radius 2 is 1.69 bits per heavy atom. The maximum atomic E-state index is 13.8. The van der Waals surface area contributed by atoms with Crippen molar-refractivity contribution in [2.24, 2.45) is 0 Å². The van der Waals surface area contributed by atoms with E-state index in [-0.39, 0.29) is 5.69 Å². The fraction of sp³-hybridized carbons (Fsp3) is 0.450. The van der Waals surface area contributed by atoms with Crippen LogP contribution in [-0.4, -0.2) is 60.2 Å². The minimum absolute atomic E-state index is 0.0270. The molecule has 0 radical (unpaired) electrons. The van der Waals surface area contributed by atoms with Crippen LogP contribution in [0, 0.1) is 11.6 Å². The van der Waals surface area contributed by atoms with Crippen LogP contribution in [0.5, 0.6) is 0 Å². The highest BCUT2D eigenvalue weighted by Gasteiger charge is 2.23. The zero-order valence-corrected chi connectivity index (χ0v) is 16.2. The third-order valence-corrected chi connectivity index (χ3v) is 5.33. The molecule has 0 bridgehead atoms. The summed E-state index contributed by atoms with van der Waals surface area (Å²) in [5.41, 5.74) is -0.0270. The molecule has 2 amide bonds. The average molecular weight is 402 g/mol. The maximum absolute atomic E-state index is 13.8. The van der Waals surface area contributed by atoms with E-state index in [4.69, 9.17) is 4.98 Å². The van der Waals surface area contributed by atoms with Crippen LogP contribution in [0.15, 0.2) is 30.5 Å². The SMILES string of the molecule is O=C(Nc1ccc(F)cc1F)N1CCN(c2ccnc(N3CCCCC3)n2)CC1. The molecule has 154 valence electrons. The number of nitrogens with one attached hydrogen (secondary N) is 1. The van der Waals surface area contributed by atoms with Gasteiger partial charge < -0.3 is 20.0 Å². The van der Waals surface area contributed by atoms with Crippen molar-refractivity contribution in [3.8, 4) is 0 Å². The molecular formula is C20H24F2N6O. The minimum atomic E-state index is -0.789. The predicted octanol–water partition coefficient (Wildman–Crippen LogP) is 3.10. The standard InChI is InChI=1S/C20H24F2N6O/c21-15-4-5-17(16(22)14-15)24-20(29)28-12-10-26(11-13-28)18-6-7-23-19(25-18)27-8-2-1-3-9-27/h4-7,14H,1-3,8-13H2,(H,24,29). The summed E-state index contributed by atoms with van der Waals surface area (Å²) >= 11 is 0. The first-order valence-electron chi connectivity index (χ1n) is 9.94. The molecule has 0 unspecified atom stereocenters. The Morgan fingerprint density at radius 3 is 2.41 bits per heavy atom. The number of hydrogen-bond acceptors (Lipinski definition) is 5. The van der Waals surface area contributed by atoms with Crippen molar-refractivity contribution >= 4 is 23.5 Å². The molecule has 29 heavy (non-hydrogen) atoms. The minimum Gasteiger partial charge on any atom is -0.353 e. The van der Waals surface area contributed by atoms with Gasteiger partial charge in [-0.25, -0.2) is 18.6 Å². The summed E-state index contributed by atoms with van der Waals surface area (Å²) in [6.45, 7) is 4.18. The van der Waals surface area contributed by atoms with Gasteiger partial charge in [-0.05, 0) is 37.5 Å². The number of urea groups is 1. The topological polar surface area (TPSA) is 64.6 Å². The second-order valence-corrected chi connectivity index (χ2v) is 7.29. The van der Waals surface area contributed by atoms with Crippen LogP contribution in [0.4, 0.5) is 31.0 Å². The monoisotopic (exact) mass is 402 g/mol. The van der Waals surface area contributed by atoms with Crippen LogP contribution >= 0.6 is 0 Å². The number of hydrogen-bond donors (Lipinski definition) is 1. The van der Waals surface area contributed by atoms with Crippen molar-refractivity contribution < 1.29 is 13.6 Å². The fourth-order valence-corrected chi connectivity index (χ4v) is 3.69. The van der Waals surface area contributed by atoms with E-state index in [1.807, 2.05) is 6.07 Å². The molecule has 0 spiro atoms. The predicted molar refractivity (Wildman–Crippen MR) is 107 cm³/mol. The highest BCUT2D eigenvalue weighted by molar-refractivity contribution is 5.89. The van der Waals surface area contributed by atoms with E-state index >= 15 is 0 Å². The molecule has 2 aliphatic heterocycles. The Bertz CT molecular complexity index is 866. The lowest BCUT2D eigenvalue weighted by Crippen LogP contribution is -2.50. The van der Waals surface area contributed by atoms with Gasteiger partial charge in [-0.3, -0.25) is 0 Å². The van der Waals surface area contributed by atoms with Gasteiger partial charge >= 0.3 is 6.03 Å². The van der Waals surface area contributed by atoms with Crippen LogP contribution in [0.3, 0.4) is 0 Å². The molecule has 7 nitrogen and oxygen atoms in total. The summed E-state index contributed by atoms with van der Waals surface area (Å²) in [7, 11) is 0. The number of nitrogens with zero attached hydrogens (tertiary/aromatic N) is 5. The summed E-state index contributed by atoms with van der Waals surface area (Å²) < 4.78 is 26.8. The van der Waals surface area contributed by atoms with Gasteiger partial charge in [0.15, 0.2) is 0 Å². The molecule has 2 aliphatic rings. The third-order valence-electron chi connectivity index (χ3n) is 5.33. The lowest BCUT2D eigenvalue weighted by molar-refractivity contribution is 0.208. The number of amides is 2. The number of piperazine rings is 1. The maximum Gasteiger partial charge on any atom is 0.322 e. The number of rotatable bonds is 3. The number of anilines is 3. The lowest BCUT2D eigenvalue weighted by atomic mass is 10.1. The number of carbonyl (C=O) groups excluding carboxylic acids is 1. The number of benzene rings is 1. The molecule has 1 aromatic carbocycles. The molecule has 0 saturated carbocycles. The normalized spacial score (nSPS) is 17.4. The van der Waals surface area contributed by atoms with Crippen molar-refractivity contribution in [2.75, 3.05) is 54.4 Å². The quantitative estimate of drug-likeness (QED) is 0.855. The van der Waals surface area contributed by atoms with Crippen LogP contribution < -0.4 is 15.1 Å². The Balaban J connectivity index is 1.35. The lowest BCUT2D eigenvalue weighted by Gasteiger charge is -2.35. The molecule has 0 aliphatic carbocycles. The molecule has 2 saturated heterocycles. The van der Waals surface area contributed by atoms with Gasteiger partial charge in [-0.1, -0.05) is 0 Å². The molecule has 1 aromatic heterocycles. The van der Waals surface area contributed by atoms with Crippen LogP contribution in [-0.2, 0) is 0 Å². The molecule has 9 heteroatoms. The summed E-state index contributed by atoms with van der Waals surface area (Å²) in [4.78, 5) is 27.5. The van der Waals surface area contributed by atoms with Crippen molar-refractivity contribution in [1.29, 1.82) is 0 Å². The molecule has 2 aromatic rings. The fourth-order valence-electron chi connectivity index (χ4n) is 3.69. The largest absolute Gasteiger partial charge is 0.353 e. The van der Waals surface area contributed by atoms with Gasteiger partial charge in [0.1, 0.15) is 17.5 Å². The zero-order valence-electron chi connectivity index (χ0n) is 16.2. The highest BCUT2D eigenvalue weighted by atomic mass is 19.1. The van der Waals surface area contributed by atoms with Gasteiger partial charge in [0, 0.05) is 51.5 Å². The van der Waals surface area contributed by atoms with Crippen molar-refractivity contribution in [1.82, 2.24) is 14.9 Å². The second kappa shape index (κ2) is 8.59. The van der Waals surface area contributed by atoms with Gasteiger partial charge in [0.25, 0.3) is 0 Å². The highest BCUT2D eigenvalue weighted by Crippen LogP contribution is 2.21. The summed E-state index contributed by atoms with van der Waals surface area (Å²) in [6.07, 6.45) is 5.36. The van der Waals surface area contributed by atoms with Crippen LogP contribution in [0.25, 0.3) is 0 Å². The molecular weight excluding hydrogens is 378 g/mol.